The Morgan fingerprint density at radius 2 is 2.05 bits per heavy atom. The van der Waals surface area contributed by atoms with E-state index in [2.05, 4.69) is 20.3 Å². The molecule has 2 heterocycles. The van der Waals surface area contributed by atoms with Gasteiger partial charge in [0.1, 0.15) is 5.69 Å². The lowest BCUT2D eigenvalue weighted by atomic mass is 10.3. The molecule has 0 aliphatic carbocycles. The third-order valence-electron chi connectivity index (χ3n) is 2.77. The number of thiazole rings is 1. The Labute approximate surface area is 119 Å². The van der Waals surface area contributed by atoms with Crippen LogP contribution >= 0.6 is 11.3 Å². The van der Waals surface area contributed by atoms with Crippen LogP contribution in [0.4, 0.5) is 5.69 Å². The summed E-state index contributed by atoms with van der Waals surface area (Å²) in [5.74, 6) is -0.274. The van der Waals surface area contributed by atoms with Crippen molar-refractivity contribution in [1.82, 2.24) is 15.0 Å². The van der Waals surface area contributed by atoms with E-state index in [0.29, 0.717) is 11.4 Å². The average Bonchev–Trinajstić information content (AvgIpc) is 2.78. The molecular weight excluding hydrogens is 272 g/mol. The van der Waals surface area contributed by atoms with Gasteiger partial charge in [-0.1, -0.05) is 0 Å². The quantitative estimate of drug-likeness (QED) is 0.785. The van der Waals surface area contributed by atoms with Crippen molar-refractivity contribution in [3.63, 3.8) is 0 Å². The molecule has 1 N–H and O–H groups in total. The Bertz CT molecular complexity index is 779. The summed E-state index contributed by atoms with van der Waals surface area (Å²) < 4.78 is 1.11. The lowest BCUT2D eigenvalue weighted by molar-refractivity contribution is 0.102. The predicted molar refractivity (Wildman–Crippen MR) is 79.1 cm³/mol. The Morgan fingerprint density at radius 3 is 2.80 bits per heavy atom. The summed E-state index contributed by atoms with van der Waals surface area (Å²) in [6, 6.07) is 5.67. The molecule has 3 aromatic rings. The van der Waals surface area contributed by atoms with E-state index < -0.39 is 0 Å². The zero-order valence-corrected chi connectivity index (χ0v) is 11.9. The number of amides is 1. The van der Waals surface area contributed by atoms with Crippen LogP contribution in [0.5, 0.6) is 0 Å². The molecule has 0 aliphatic rings. The van der Waals surface area contributed by atoms with Crippen LogP contribution in [0.2, 0.25) is 0 Å². The van der Waals surface area contributed by atoms with Crippen molar-refractivity contribution in [2.24, 2.45) is 0 Å². The monoisotopic (exact) mass is 284 g/mol. The minimum absolute atomic E-state index is 0.274. The topological polar surface area (TPSA) is 67.8 Å². The molecule has 3 rings (SSSR count). The van der Waals surface area contributed by atoms with Gasteiger partial charge in [0, 0.05) is 11.9 Å². The largest absolute Gasteiger partial charge is 0.321 e. The lowest BCUT2D eigenvalue weighted by Crippen LogP contribution is -2.14. The van der Waals surface area contributed by atoms with E-state index in [-0.39, 0.29) is 5.91 Å². The Balaban J connectivity index is 1.84. The van der Waals surface area contributed by atoms with Crippen molar-refractivity contribution < 1.29 is 4.79 Å². The highest BCUT2D eigenvalue weighted by Gasteiger charge is 2.09. The summed E-state index contributed by atoms with van der Waals surface area (Å²) in [5, 5.41) is 3.81. The molecule has 0 aliphatic heterocycles. The number of hydrogen-bond donors (Lipinski definition) is 1. The molecule has 1 aromatic carbocycles. The van der Waals surface area contributed by atoms with E-state index in [4.69, 9.17) is 0 Å². The van der Waals surface area contributed by atoms with Gasteiger partial charge >= 0.3 is 0 Å². The van der Waals surface area contributed by atoms with Crippen LogP contribution in [0.25, 0.3) is 10.2 Å². The summed E-state index contributed by atoms with van der Waals surface area (Å²) >= 11 is 1.63. The van der Waals surface area contributed by atoms with E-state index in [0.717, 1.165) is 20.9 Å². The Morgan fingerprint density at radius 1 is 1.20 bits per heavy atom. The van der Waals surface area contributed by atoms with Crippen LogP contribution in [-0.2, 0) is 0 Å². The van der Waals surface area contributed by atoms with Gasteiger partial charge in [0.05, 0.1) is 27.1 Å². The van der Waals surface area contributed by atoms with Gasteiger partial charge in [0.2, 0.25) is 0 Å². The molecular formula is C14H12N4OS. The Kier molecular flexibility index (Phi) is 3.15. The number of carbonyl (C=O) groups is 1. The van der Waals surface area contributed by atoms with Crippen LogP contribution in [0.1, 0.15) is 21.2 Å². The van der Waals surface area contributed by atoms with Gasteiger partial charge in [-0.25, -0.2) is 9.97 Å². The second-order valence-corrected chi connectivity index (χ2v) is 5.65. The summed E-state index contributed by atoms with van der Waals surface area (Å²) in [7, 11) is 0. The first-order chi connectivity index (χ1) is 9.61. The number of fused-ring (bicyclic) bond motifs is 1. The number of benzene rings is 1. The summed E-state index contributed by atoms with van der Waals surface area (Å²) in [4.78, 5) is 24.6. The number of anilines is 1. The first kappa shape index (κ1) is 12.7. The van der Waals surface area contributed by atoms with Crippen LogP contribution in [0, 0.1) is 13.8 Å². The number of carbonyl (C=O) groups excluding carboxylic acids is 1. The molecule has 5 nitrogen and oxygen atoms in total. The van der Waals surface area contributed by atoms with E-state index in [1.54, 1.807) is 17.5 Å². The van der Waals surface area contributed by atoms with Crippen molar-refractivity contribution in [2.75, 3.05) is 5.32 Å². The molecule has 20 heavy (non-hydrogen) atoms. The maximum absolute atomic E-state index is 12.0. The van der Waals surface area contributed by atoms with Crippen molar-refractivity contribution in [2.45, 2.75) is 13.8 Å². The average molecular weight is 284 g/mol. The predicted octanol–water partition coefficient (Wildman–Crippen LogP) is 2.96. The summed E-state index contributed by atoms with van der Waals surface area (Å²) in [6.07, 6.45) is 3.04. The number of hydrogen-bond acceptors (Lipinski definition) is 5. The normalized spacial score (nSPS) is 10.7. The van der Waals surface area contributed by atoms with Crippen molar-refractivity contribution >= 4 is 33.1 Å². The van der Waals surface area contributed by atoms with Crippen molar-refractivity contribution in [3.8, 4) is 0 Å². The van der Waals surface area contributed by atoms with Gasteiger partial charge in [0.15, 0.2) is 0 Å². The number of nitrogens with one attached hydrogen (secondary N) is 1. The van der Waals surface area contributed by atoms with Gasteiger partial charge in [-0.3, -0.25) is 9.78 Å². The lowest BCUT2D eigenvalue weighted by Gasteiger charge is -2.04. The number of nitrogens with zero attached hydrogens (tertiary/aromatic N) is 3. The van der Waals surface area contributed by atoms with Crippen LogP contribution in [-0.4, -0.2) is 20.9 Å². The zero-order chi connectivity index (χ0) is 14.1. The van der Waals surface area contributed by atoms with Crippen LogP contribution in [0.3, 0.4) is 0 Å². The molecule has 0 saturated carbocycles. The highest BCUT2D eigenvalue weighted by molar-refractivity contribution is 7.18. The van der Waals surface area contributed by atoms with Crippen LogP contribution < -0.4 is 5.32 Å². The molecule has 1 amide bonds. The molecule has 0 radical (unpaired) electrons. The third-order valence-corrected chi connectivity index (χ3v) is 3.72. The zero-order valence-electron chi connectivity index (χ0n) is 11.0. The highest BCUT2D eigenvalue weighted by atomic mass is 32.1. The number of rotatable bonds is 2. The Hall–Kier alpha value is -2.34. The molecule has 6 heteroatoms. The maximum Gasteiger partial charge on any atom is 0.275 e. The SMILES string of the molecule is Cc1cnc(C(=O)Nc2ccc3sc(C)nc3c2)cn1. The van der Waals surface area contributed by atoms with E-state index in [1.165, 1.54) is 6.20 Å². The molecule has 0 bridgehead atoms. The first-order valence-corrected chi connectivity index (χ1v) is 6.91. The molecule has 0 atom stereocenters. The fourth-order valence-electron chi connectivity index (χ4n) is 1.83. The van der Waals surface area contributed by atoms with Crippen molar-refractivity contribution in [3.05, 3.63) is 47.0 Å². The highest BCUT2D eigenvalue weighted by Crippen LogP contribution is 2.24. The third kappa shape index (κ3) is 2.50. The van der Waals surface area contributed by atoms with Gasteiger partial charge < -0.3 is 5.32 Å². The smallest absolute Gasteiger partial charge is 0.275 e. The minimum atomic E-state index is -0.274. The van der Waals surface area contributed by atoms with Crippen molar-refractivity contribution in [1.29, 1.82) is 0 Å². The van der Waals surface area contributed by atoms with Crippen LogP contribution in [0.15, 0.2) is 30.6 Å². The second kappa shape index (κ2) is 4.97. The summed E-state index contributed by atoms with van der Waals surface area (Å²) in [5.41, 5.74) is 2.67. The molecule has 100 valence electrons. The van der Waals surface area contributed by atoms with Gasteiger partial charge in [-0.05, 0) is 32.0 Å². The maximum atomic E-state index is 12.0. The van der Waals surface area contributed by atoms with Gasteiger partial charge in [-0.15, -0.1) is 11.3 Å². The fourth-order valence-corrected chi connectivity index (χ4v) is 2.63. The van der Waals surface area contributed by atoms with E-state index in [9.17, 15) is 4.79 Å². The molecule has 2 aromatic heterocycles. The molecule has 0 spiro atoms. The standard InChI is InChI=1S/C14H12N4OS/c1-8-6-16-12(7-15-8)14(19)18-10-3-4-13-11(5-10)17-9(2)20-13/h3-7H,1-2H3,(H,18,19). The first-order valence-electron chi connectivity index (χ1n) is 6.09. The molecule has 0 saturated heterocycles. The fraction of sp³-hybridized carbons (Fsp3) is 0.143. The second-order valence-electron chi connectivity index (χ2n) is 4.41. The van der Waals surface area contributed by atoms with Gasteiger partial charge in [-0.2, -0.15) is 0 Å². The number of aromatic nitrogens is 3. The van der Waals surface area contributed by atoms with Gasteiger partial charge in [0.25, 0.3) is 5.91 Å². The molecule has 0 unspecified atom stereocenters. The number of aryl methyl sites for hydroxylation is 2. The summed E-state index contributed by atoms with van der Waals surface area (Å²) in [6.45, 7) is 3.79. The van der Waals surface area contributed by atoms with E-state index in [1.807, 2.05) is 32.0 Å². The minimum Gasteiger partial charge on any atom is -0.321 e. The van der Waals surface area contributed by atoms with E-state index >= 15 is 0 Å². The molecule has 0 fully saturated rings.